The predicted octanol–water partition coefficient (Wildman–Crippen LogP) is 1.79. The van der Waals surface area contributed by atoms with Crippen LogP contribution in [-0.4, -0.2) is 48.4 Å². The molecule has 0 radical (unpaired) electrons. The highest BCUT2D eigenvalue weighted by Gasteiger charge is 2.23. The maximum Gasteiger partial charge on any atom is 0.256 e. The largest absolute Gasteiger partial charge is 0.336 e. The molecule has 5 nitrogen and oxygen atoms in total. The Morgan fingerprint density at radius 1 is 1.35 bits per heavy atom. The van der Waals surface area contributed by atoms with Gasteiger partial charge < -0.3 is 10.3 Å². The number of halogens is 1. The van der Waals surface area contributed by atoms with Gasteiger partial charge in [0.25, 0.3) is 5.91 Å². The van der Waals surface area contributed by atoms with E-state index in [4.69, 9.17) is 17.4 Å². The number of hydrogen-bond donors (Lipinski definition) is 2. The summed E-state index contributed by atoms with van der Waals surface area (Å²) in [5.41, 5.74) is 3.69. The number of nitrogens with two attached hydrogens (primary N) is 1. The Morgan fingerprint density at radius 2 is 2.05 bits per heavy atom. The summed E-state index contributed by atoms with van der Waals surface area (Å²) in [4.78, 5) is 16.8. The first-order chi connectivity index (χ1) is 9.65. The maximum atomic E-state index is 12.5. The van der Waals surface area contributed by atoms with E-state index in [2.05, 4.69) is 17.2 Å². The molecule has 0 saturated carbocycles. The molecule has 0 aliphatic carbocycles. The molecule has 110 valence electrons. The molecule has 1 aromatic rings. The lowest BCUT2D eigenvalue weighted by atomic mass is 10.1. The van der Waals surface area contributed by atoms with Crippen LogP contribution in [0.3, 0.4) is 0 Å². The molecular weight excluding hydrogens is 276 g/mol. The van der Waals surface area contributed by atoms with E-state index < -0.39 is 0 Å². The van der Waals surface area contributed by atoms with E-state index in [9.17, 15) is 4.79 Å². The average Bonchev–Trinajstić information content (AvgIpc) is 2.47. The van der Waals surface area contributed by atoms with Crippen LogP contribution in [0.15, 0.2) is 18.2 Å². The summed E-state index contributed by atoms with van der Waals surface area (Å²) in [5.74, 6) is 5.44. The number of piperazine rings is 1. The third-order valence-corrected chi connectivity index (χ3v) is 3.80. The van der Waals surface area contributed by atoms with E-state index in [1.807, 2.05) is 4.90 Å². The highest BCUT2D eigenvalue weighted by Crippen LogP contribution is 2.22. The second kappa shape index (κ2) is 6.92. The fourth-order valence-electron chi connectivity index (χ4n) is 2.48. The predicted molar refractivity (Wildman–Crippen MR) is 81.9 cm³/mol. The van der Waals surface area contributed by atoms with Gasteiger partial charge in [-0.05, 0) is 31.2 Å². The monoisotopic (exact) mass is 296 g/mol. The van der Waals surface area contributed by atoms with Crippen LogP contribution in [-0.2, 0) is 0 Å². The fourth-order valence-corrected chi connectivity index (χ4v) is 2.65. The quantitative estimate of drug-likeness (QED) is 0.657. The van der Waals surface area contributed by atoms with Gasteiger partial charge in [-0.15, -0.1) is 0 Å². The first-order valence-corrected chi connectivity index (χ1v) is 7.31. The zero-order valence-electron chi connectivity index (χ0n) is 11.7. The lowest BCUT2D eigenvalue weighted by Crippen LogP contribution is -2.48. The molecule has 3 N–H and O–H groups in total. The van der Waals surface area contributed by atoms with Gasteiger partial charge in [0.2, 0.25) is 0 Å². The normalized spacial score (nSPS) is 16.2. The molecule has 1 aliphatic heterocycles. The Hall–Kier alpha value is -1.30. The number of carbonyl (C=O) groups excluding carboxylic acids is 1. The molecule has 1 amide bonds. The topological polar surface area (TPSA) is 61.6 Å². The minimum Gasteiger partial charge on any atom is -0.336 e. The van der Waals surface area contributed by atoms with E-state index in [1.54, 1.807) is 18.2 Å². The van der Waals surface area contributed by atoms with E-state index in [0.29, 0.717) is 16.3 Å². The molecule has 0 spiro atoms. The van der Waals surface area contributed by atoms with Gasteiger partial charge in [0.05, 0.1) is 11.3 Å². The highest BCUT2D eigenvalue weighted by molar-refractivity contribution is 6.31. The molecule has 0 atom stereocenters. The van der Waals surface area contributed by atoms with Crippen LogP contribution in [0.25, 0.3) is 0 Å². The highest BCUT2D eigenvalue weighted by atomic mass is 35.5. The molecule has 6 heteroatoms. The zero-order chi connectivity index (χ0) is 14.5. The number of amides is 1. The molecule has 1 saturated heterocycles. The second-order valence-electron chi connectivity index (χ2n) is 4.97. The zero-order valence-corrected chi connectivity index (χ0v) is 12.5. The molecule has 0 bridgehead atoms. The van der Waals surface area contributed by atoms with Crippen molar-refractivity contribution in [2.45, 2.75) is 13.3 Å². The second-order valence-corrected chi connectivity index (χ2v) is 5.40. The van der Waals surface area contributed by atoms with Crippen molar-refractivity contribution in [2.75, 3.05) is 38.1 Å². The molecule has 1 aliphatic rings. The number of nitrogens with zero attached hydrogens (tertiary/aromatic N) is 2. The molecule has 0 aromatic heterocycles. The lowest BCUT2D eigenvalue weighted by molar-refractivity contribution is 0.0638. The Labute approximate surface area is 124 Å². The van der Waals surface area contributed by atoms with Crippen molar-refractivity contribution in [1.82, 2.24) is 9.80 Å². The van der Waals surface area contributed by atoms with Gasteiger partial charge in [-0.2, -0.15) is 0 Å². The molecule has 20 heavy (non-hydrogen) atoms. The number of anilines is 1. The fraction of sp³-hybridized carbons (Fsp3) is 0.500. The summed E-state index contributed by atoms with van der Waals surface area (Å²) in [7, 11) is 0. The van der Waals surface area contributed by atoms with Gasteiger partial charge >= 0.3 is 0 Å². The molecule has 1 aromatic carbocycles. The SMILES string of the molecule is CCCN1CCN(C(=O)c2cc(Cl)ccc2NN)CC1. The number of benzene rings is 1. The van der Waals surface area contributed by atoms with Crippen LogP contribution < -0.4 is 11.3 Å². The van der Waals surface area contributed by atoms with Crippen LogP contribution in [0.2, 0.25) is 5.02 Å². The first kappa shape index (κ1) is 15.1. The van der Waals surface area contributed by atoms with Crippen molar-refractivity contribution in [1.29, 1.82) is 0 Å². The minimum absolute atomic E-state index is 0.0170. The standard InChI is InChI=1S/C14H21ClN4O/c1-2-5-18-6-8-19(9-7-18)14(20)12-10-11(15)3-4-13(12)17-16/h3-4,10,17H,2,5-9,16H2,1H3. The molecule has 1 fully saturated rings. The maximum absolute atomic E-state index is 12.5. The molecule has 2 rings (SSSR count). The summed E-state index contributed by atoms with van der Waals surface area (Å²) in [6.07, 6.45) is 1.14. The van der Waals surface area contributed by atoms with Gasteiger partial charge in [-0.1, -0.05) is 18.5 Å². The van der Waals surface area contributed by atoms with Gasteiger partial charge in [0, 0.05) is 31.2 Å². The summed E-state index contributed by atoms with van der Waals surface area (Å²) >= 11 is 5.97. The number of nitrogen functional groups attached to an aromatic ring is 1. The molecule has 1 heterocycles. The number of rotatable bonds is 4. The van der Waals surface area contributed by atoms with Crippen LogP contribution >= 0.6 is 11.6 Å². The van der Waals surface area contributed by atoms with E-state index in [-0.39, 0.29) is 5.91 Å². The van der Waals surface area contributed by atoms with Crippen LogP contribution in [0, 0.1) is 0 Å². The Kier molecular flexibility index (Phi) is 5.23. The van der Waals surface area contributed by atoms with Crippen molar-refractivity contribution in [2.24, 2.45) is 5.84 Å². The smallest absolute Gasteiger partial charge is 0.256 e. The third-order valence-electron chi connectivity index (χ3n) is 3.57. The van der Waals surface area contributed by atoms with E-state index in [1.165, 1.54) is 0 Å². The Morgan fingerprint density at radius 3 is 2.65 bits per heavy atom. The van der Waals surface area contributed by atoms with E-state index >= 15 is 0 Å². The van der Waals surface area contributed by atoms with Crippen molar-refractivity contribution in [3.8, 4) is 0 Å². The van der Waals surface area contributed by atoms with Crippen LogP contribution in [0.1, 0.15) is 23.7 Å². The molecular formula is C14H21ClN4O. The average molecular weight is 297 g/mol. The van der Waals surface area contributed by atoms with Gasteiger partial charge in [-0.25, -0.2) is 0 Å². The van der Waals surface area contributed by atoms with Crippen LogP contribution in [0.5, 0.6) is 0 Å². The summed E-state index contributed by atoms with van der Waals surface area (Å²) < 4.78 is 0. The number of nitrogens with one attached hydrogen (secondary N) is 1. The number of carbonyl (C=O) groups is 1. The van der Waals surface area contributed by atoms with Crippen molar-refractivity contribution < 1.29 is 4.79 Å². The van der Waals surface area contributed by atoms with Gasteiger partial charge in [0.15, 0.2) is 0 Å². The Bertz CT molecular complexity index is 472. The summed E-state index contributed by atoms with van der Waals surface area (Å²) in [5, 5.41) is 0.539. The molecule has 0 unspecified atom stereocenters. The van der Waals surface area contributed by atoms with Crippen LogP contribution in [0.4, 0.5) is 5.69 Å². The van der Waals surface area contributed by atoms with Gasteiger partial charge in [0.1, 0.15) is 0 Å². The third kappa shape index (κ3) is 3.42. The lowest BCUT2D eigenvalue weighted by Gasteiger charge is -2.34. The number of hydrazine groups is 1. The summed E-state index contributed by atoms with van der Waals surface area (Å²) in [6.45, 7) is 6.60. The van der Waals surface area contributed by atoms with Gasteiger partial charge in [-0.3, -0.25) is 15.5 Å². The van der Waals surface area contributed by atoms with E-state index in [0.717, 1.165) is 39.1 Å². The van der Waals surface area contributed by atoms with Crippen molar-refractivity contribution in [3.63, 3.8) is 0 Å². The summed E-state index contributed by atoms with van der Waals surface area (Å²) in [6, 6.07) is 5.10. The van der Waals surface area contributed by atoms with Crippen molar-refractivity contribution >= 4 is 23.2 Å². The Balaban J connectivity index is 2.07. The first-order valence-electron chi connectivity index (χ1n) is 6.93. The number of hydrogen-bond acceptors (Lipinski definition) is 4. The van der Waals surface area contributed by atoms with Crippen molar-refractivity contribution in [3.05, 3.63) is 28.8 Å². The minimum atomic E-state index is -0.0170.